The molecule has 108 valence electrons. The SMILES string of the molecule is Fc1ccccc1Cn1cnc2c(-n3cccn3)ncnc21. The maximum Gasteiger partial charge on any atom is 0.184 e. The highest BCUT2D eigenvalue weighted by atomic mass is 19.1. The van der Waals surface area contributed by atoms with Crippen LogP contribution in [0, 0.1) is 5.82 Å². The molecule has 0 saturated heterocycles. The van der Waals surface area contributed by atoms with Crippen LogP contribution in [-0.2, 0) is 6.54 Å². The van der Waals surface area contributed by atoms with Gasteiger partial charge in [-0.05, 0) is 12.1 Å². The fraction of sp³-hybridized carbons (Fsp3) is 0.0667. The van der Waals surface area contributed by atoms with Gasteiger partial charge in [-0.25, -0.2) is 24.0 Å². The summed E-state index contributed by atoms with van der Waals surface area (Å²) in [6.45, 7) is 0.360. The van der Waals surface area contributed by atoms with E-state index in [1.807, 2.05) is 12.1 Å². The topological polar surface area (TPSA) is 61.4 Å². The molecule has 6 nitrogen and oxygen atoms in total. The molecule has 3 heterocycles. The molecule has 0 aliphatic rings. The standard InChI is InChI=1S/C15H11FN6/c16-12-5-2-1-4-11(12)8-21-10-19-13-14(21)17-9-18-15(13)22-7-3-6-20-22/h1-7,9-10H,8H2. The third-order valence-corrected chi connectivity index (χ3v) is 3.40. The third kappa shape index (κ3) is 2.03. The average molecular weight is 294 g/mol. The highest BCUT2D eigenvalue weighted by Gasteiger charge is 2.12. The lowest BCUT2D eigenvalue weighted by Crippen LogP contribution is -2.03. The molecule has 0 unspecified atom stereocenters. The summed E-state index contributed by atoms with van der Waals surface area (Å²) in [5, 5.41) is 4.16. The fourth-order valence-electron chi connectivity index (χ4n) is 2.36. The second kappa shape index (κ2) is 5.03. The lowest BCUT2D eigenvalue weighted by Gasteiger charge is -2.05. The van der Waals surface area contributed by atoms with Gasteiger partial charge in [-0.3, -0.25) is 0 Å². The molecule has 0 atom stereocenters. The van der Waals surface area contributed by atoms with E-state index in [-0.39, 0.29) is 5.82 Å². The Balaban J connectivity index is 1.81. The minimum Gasteiger partial charge on any atom is -0.311 e. The molecule has 0 fully saturated rings. The van der Waals surface area contributed by atoms with Crippen LogP contribution in [0.4, 0.5) is 4.39 Å². The molecule has 0 radical (unpaired) electrons. The first-order chi connectivity index (χ1) is 10.8. The molecular formula is C15H11FN6. The van der Waals surface area contributed by atoms with Gasteiger partial charge in [0.1, 0.15) is 12.1 Å². The molecule has 1 aromatic carbocycles. The first-order valence-electron chi connectivity index (χ1n) is 6.72. The summed E-state index contributed by atoms with van der Waals surface area (Å²) in [6, 6.07) is 8.48. The Labute approximate surface area is 124 Å². The molecule has 0 aliphatic heterocycles. The summed E-state index contributed by atoms with van der Waals surface area (Å²) >= 11 is 0. The van der Waals surface area contributed by atoms with Gasteiger partial charge in [0.2, 0.25) is 0 Å². The van der Waals surface area contributed by atoms with Crippen molar-refractivity contribution in [2.45, 2.75) is 6.54 Å². The smallest absolute Gasteiger partial charge is 0.184 e. The van der Waals surface area contributed by atoms with Gasteiger partial charge in [0.05, 0.1) is 12.9 Å². The third-order valence-electron chi connectivity index (χ3n) is 3.40. The van der Waals surface area contributed by atoms with Crippen LogP contribution >= 0.6 is 0 Å². The number of hydrogen-bond donors (Lipinski definition) is 0. The zero-order chi connectivity index (χ0) is 14.9. The van der Waals surface area contributed by atoms with E-state index in [9.17, 15) is 4.39 Å². The van der Waals surface area contributed by atoms with Crippen molar-refractivity contribution in [3.05, 3.63) is 66.8 Å². The Morgan fingerprint density at radius 3 is 2.77 bits per heavy atom. The maximum absolute atomic E-state index is 13.8. The van der Waals surface area contributed by atoms with Crippen molar-refractivity contribution < 1.29 is 4.39 Å². The summed E-state index contributed by atoms with van der Waals surface area (Å²) in [7, 11) is 0. The van der Waals surface area contributed by atoms with E-state index in [0.717, 1.165) is 0 Å². The monoisotopic (exact) mass is 294 g/mol. The number of hydrogen-bond acceptors (Lipinski definition) is 4. The average Bonchev–Trinajstić information content (AvgIpc) is 3.19. The van der Waals surface area contributed by atoms with Crippen LogP contribution in [0.5, 0.6) is 0 Å². The molecule has 0 aliphatic carbocycles. The number of rotatable bonds is 3. The second-order valence-electron chi connectivity index (χ2n) is 4.78. The van der Waals surface area contributed by atoms with Crippen molar-refractivity contribution in [1.82, 2.24) is 29.3 Å². The molecule has 0 saturated carbocycles. The number of benzene rings is 1. The Morgan fingerprint density at radius 2 is 1.95 bits per heavy atom. The summed E-state index contributed by atoms with van der Waals surface area (Å²) in [4.78, 5) is 12.8. The lowest BCUT2D eigenvalue weighted by atomic mass is 10.2. The predicted octanol–water partition coefficient (Wildman–Crippen LogP) is 2.20. The van der Waals surface area contributed by atoms with E-state index < -0.39 is 0 Å². The Kier molecular flexibility index (Phi) is 2.89. The van der Waals surface area contributed by atoms with Crippen molar-refractivity contribution in [2.75, 3.05) is 0 Å². The number of imidazole rings is 1. The zero-order valence-corrected chi connectivity index (χ0v) is 11.5. The van der Waals surface area contributed by atoms with E-state index in [4.69, 9.17) is 0 Å². The normalized spacial score (nSPS) is 11.1. The quantitative estimate of drug-likeness (QED) is 0.581. The summed E-state index contributed by atoms with van der Waals surface area (Å²) in [5.41, 5.74) is 1.85. The van der Waals surface area contributed by atoms with Gasteiger partial charge in [-0.15, -0.1) is 0 Å². The minimum atomic E-state index is -0.245. The van der Waals surface area contributed by atoms with Crippen LogP contribution in [0.3, 0.4) is 0 Å². The first-order valence-corrected chi connectivity index (χ1v) is 6.72. The van der Waals surface area contributed by atoms with Gasteiger partial charge >= 0.3 is 0 Å². The highest BCUT2D eigenvalue weighted by molar-refractivity contribution is 5.78. The van der Waals surface area contributed by atoms with E-state index in [0.29, 0.717) is 29.1 Å². The van der Waals surface area contributed by atoms with Crippen LogP contribution in [0.1, 0.15) is 5.56 Å². The van der Waals surface area contributed by atoms with E-state index >= 15 is 0 Å². The zero-order valence-electron chi connectivity index (χ0n) is 11.5. The molecular weight excluding hydrogens is 283 g/mol. The molecule has 0 amide bonds. The Morgan fingerprint density at radius 1 is 1.05 bits per heavy atom. The number of halogens is 1. The van der Waals surface area contributed by atoms with Gasteiger partial charge in [-0.2, -0.15) is 5.10 Å². The van der Waals surface area contributed by atoms with Crippen LogP contribution in [0.15, 0.2) is 55.4 Å². The second-order valence-corrected chi connectivity index (χ2v) is 4.78. The molecule has 0 spiro atoms. The molecule has 4 aromatic rings. The Hall–Kier alpha value is -3.09. The van der Waals surface area contributed by atoms with Gasteiger partial charge in [0, 0.05) is 18.0 Å². The number of aromatic nitrogens is 6. The maximum atomic E-state index is 13.8. The summed E-state index contributed by atoms with van der Waals surface area (Å²) in [5.74, 6) is 0.355. The van der Waals surface area contributed by atoms with E-state index in [1.54, 1.807) is 40.1 Å². The van der Waals surface area contributed by atoms with E-state index in [2.05, 4.69) is 20.1 Å². The number of fused-ring (bicyclic) bond motifs is 1. The van der Waals surface area contributed by atoms with Crippen molar-refractivity contribution >= 4 is 11.2 Å². The molecule has 7 heteroatoms. The molecule has 22 heavy (non-hydrogen) atoms. The largest absolute Gasteiger partial charge is 0.311 e. The number of nitrogens with zero attached hydrogens (tertiary/aromatic N) is 6. The van der Waals surface area contributed by atoms with Gasteiger partial charge in [-0.1, -0.05) is 18.2 Å². The molecule has 0 bridgehead atoms. The predicted molar refractivity (Wildman–Crippen MR) is 77.9 cm³/mol. The Bertz CT molecular complexity index is 928. The van der Waals surface area contributed by atoms with Crippen LogP contribution in [0.25, 0.3) is 17.0 Å². The first kappa shape index (κ1) is 12.6. The lowest BCUT2D eigenvalue weighted by molar-refractivity contribution is 0.601. The van der Waals surface area contributed by atoms with Gasteiger partial charge in [0.15, 0.2) is 17.0 Å². The van der Waals surface area contributed by atoms with Crippen molar-refractivity contribution in [3.8, 4) is 5.82 Å². The van der Waals surface area contributed by atoms with Crippen LogP contribution in [-0.4, -0.2) is 29.3 Å². The van der Waals surface area contributed by atoms with Gasteiger partial charge < -0.3 is 4.57 Å². The van der Waals surface area contributed by atoms with Crippen molar-refractivity contribution in [1.29, 1.82) is 0 Å². The molecule has 4 rings (SSSR count). The minimum absolute atomic E-state index is 0.245. The van der Waals surface area contributed by atoms with E-state index in [1.165, 1.54) is 12.4 Å². The van der Waals surface area contributed by atoms with Crippen LogP contribution < -0.4 is 0 Å². The van der Waals surface area contributed by atoms with Crippen molar-refractivity contribution in [3.63, 3.8) is 0 Å². The highest BCUT2D eigenvalue weighted by Crippen LogP contribution is 2.18. The molecule has 3 aromatic heterocycles. The van der Waals surface area contributed by atoms with Gasteiger partial charge in [0.25, 0.3) is 0 Å². The molecule has 0 N–H and O–H groups in total. The fourth-order valence-corrected chi connectivity index (χ4v) is 2.36. The summed E-state index contributed by atoms with van der Waals surface area (Å²) in [6.07, 6.45) is 6.56. The van der Waals surface area contributed by atoms with Crippen molar-refractivity contribution in [2.24, 2.45) is 0 Å². The van der Waals surface area contributed by atoms with Crippen LogP contribution in [0.2, 0.25) is 0 Å². The summed E-state index contributed by atoms with van der Waals surface area (Å²) < 4.78 is 17.2.